The Morgan fingerprint density at radius 1 is 1.40 bits per heavy atom. The molecule has 3 heteroatoms. The van der Waals surface area contributed by atoms with Crippen molar-refractivity contribution in [2.45, 2.75) is 12.8 Å². The Morgan fingerprint density at radius 3 is 2.53 bits per heavy atom. The van der Waals surface area contributed by atoms with Gasteiger partial charge in [0.25, 0.3) is 0 Å². The van der Waals surface area contributed by atoms with Crippen LogP contribution in [0.5, 0.6) is 0 Å². The Bertz CT molecular complexity index is 248. The first-order chi connectivity index (χ1) is 7.31. The molecule has 1 aliphatic heterocycles. The molecule has 0 spiro atoms. The summed E-state index contributed by atoms with van der Waals surface area (Å²) < 4.78 is 0. The van der Waals surface area contributed by atoms with E-state index in [1.54, 1.807) is 12.3 Å². The van der Waals surface area contributed by atoms with Gasteiger partial charge in [-0.1, -0.05) is 12.7 Å². The summed E-state index contributed by atoms with van der Waals surface area (Å²) in [6.07, 6.45) is 9.62. The van der Waals surface area contributed by atoms with Crippen molar-refractivity contribution in [2.75, 3.05) is 19.6 Å². The molecule has 0 radical (unpaired) electrons. The molecule has 1 rings (SSSR count). The normalized spacial score (nSPS) is 19.8. The van der Waals surface area contributed by atoms with Crippen molar-refractivity contribution in [3.8, 4) is 0 Å². The maximum absolute atomic E-state index is 5.66. The first-order valence-corrected chi connectivity index (χ1v) is 5.47. The Balaban J connectivity index is 2.56. The van der Waals surface area contributed by atoms with Crippen LogP contribution in [0.4, 0.5) is 0 Å². The zero-order chi connectivity index (χ0) is 11.1. The molecule has 4 N–H and O–H groups in total. The second-order valence-electron chi connectivity index (χ2n) is 3.85. The summed E-state index contributed by atoms with van der Waals surface area (Å²) in [5.74, 6) is 0.688. The van der Waals surface area contributed by atoms with E-state index in [-0.39, 0.29) is 0 Å². The standard InChI is InChI=1S/C12H21N3/c1-2-3-12(4-7-13)15-8-5-11(10-14)6-9-15/h2-4,7,11H,1,5-6,8-10,13-14H2/b7-4-,12-3+. The van der Waals surface area contributed by atoms with Gasteiger partial charge in [0.1, 0.15) is 0 Å². The number of nitrogens with zero attached hydrogens (tertiary/aromatic N) is 1. The van der Waals surface area contributed by atoms with E-state index in [0.29, 0.717) is 5.92 Å². The van der Waals surface area contributed by atoms with Gasteiger partial charge in [0, 0.05) is 18.8 Å². The van der Waals surface area contributed by atoms with E-state index >= 15 is 0 Å². The van der Waals surface area contributed by atoms with E-state index in [0.717, 1.165) is 25.3 Å². The molecule has 0 aliphatic carbocycles. The van der Waals surface area contributed by atoms with Gasteiger partial charge in [-0.3, -0.25) is 0 Å². The molecular weight excluding hydrogens is 186 g/mol. The molecule has 84 valence electrons. The number of nitrogens with two attached hydrogens (primary N) is 2. The van der Waals surface area contributed by atoms with Crippen LogP contribution in [-0.2, 0) is 0 Å². The second-order valence-corrected chi connectivity index (χ2v) is 3.85. The highest BCUT2D eigenvalue weighted by Gasteiger charge is 2.18. The van der Waals surface area contributed by atoms with Gasteiger partial charge in [0.05, 0.1) is 0 Å². The van der Waals surface area contributed by atoms with E-state index in [2.05, 4.69) is 11.5 Å². The largest absolute Gasteiger partial charge is 0.405 e. The van der Waals surface area contributed by atoms with Gasteiger partial charge in [-0.15, -0.1) is 0 Å². The van der Waals surface area contributed by atoms with Gasteiger partial charge >= 0.3 is 0 Å². The lowest BCUT2D eigenvalue weighted by Crippen LogP contribution is -2.35. The molecule has 0 bridgehead atoms. The lowest BCUT2D eigenvalue weighted by Gasteiger charge is -2.33. The zero-order valence-electron chi connectivity index (χ0n) is 9.23. The maximum atomic E-state index is 5.66. The molecule has 3 nitrogen and oxygen atoms in total. The maximum Gasteiger partial charge on any atom is 0.0380 e. The lowest BCUT2D eigenvalue weighted by molar-refractivity contribution is 0.236. The molecule has 0 atom stereocenters. The quantitative estimate of drug-likeness (QED) is 0.681. The third kappa shape index (κ3) is 3.44. The molecule has 1 fully saturated rings. The molecule has 0 amide bonds. The molecule has 1 heterocycles. The monoisotopic (exact) mass is 207 g/mol. The van der Waals surface area contributed by atoms with Crippen LogP contribution in [0, 0.1) is 5.92 Å². The van der Waals surface area contributed by atoms with Gasteiger partial charge in [-0.05, 0) is 43.7 Å². The van der Waals surface area contributed by atoms with Gasteiger partial charge in [-0.25, -0.2) is 0 Å². The van der Waals surface area contributed by atoms with Crippen molar-refractivity contribution in [2.24, 2.45) is 17.4 Å². The number of likely N-dealkylation sites (tertiary alicyclic amines) is 1. The Labute approximate surface area is 92.1 Å². The molecule has 1 aliphatic rings. The highest BCUT2D eigenvalue weighted by atomic mass is 15.1. The number of hydrogen-bond donors (Lipinski definition) is 2. The first kappa shape index (κ1) is 11.9. The number of rotatable bonds is 4. The number of piperidine rings is 1. The smallest absolute Gasteiger partial charge is 0.0380 e. The average Bonchev–Trinajstić information content (AvgIpc) is 2.29. The second kappa shape index (κ2) is 6.30. The lowest BCUT2D eigenvalue weighted by atomic mass is 9.97. The predicted molar refractivity (Wildman–Crippen MR) is 65.0 cm³/mol. The van der Waals surface area contributed by atoms with Crippen LogP contribution in [0.25, 0.3) is 0 Å². The van der Waals surface area contributed by atoms with Crippen molar-refractivity contribution in [3.05, 3.63) is 36.7 Å². The summed E-state index contributed by atoms with van der Waals surface area (Å²) in [6.45, 7) is 6.64. The fraction of sp³-hybridized carbons (Fsp3) is 0.500. The summed E-state index contributed by atoms with van der Waals surface area (Å²) in [4.78, 5) is 2.33. The van der Waals surface area contributed by atoms with E-state index in [1.807, 2.05) is 12.2 Å². The third-order valence-corrected chi connectivity index (χ3v) is 2.87. The minimum Gasteiger partial charge on any atom is -0.405 e. The van der Waals surface area contributed by atoms with Crippen LogP contribution >= 0.6 is 0 Å². The fourth-order valence-corrected chi connectivity index (χ4v) is 1.91. The van der Waals surface area contributed by atoms with Gasteiger partial charge in [0.2, 0.25) is 0 Å². The molecule has 0 unspecified atom stereocenters. The molecule has 0 aromatic heterocycles. The summed E-state index contributed by atoms with van der Waals surface area (Å²) in [6, 6.07) is 0. The van der Waals surface area contributed by atoms with Crippen molar-refractivity contribution >= 4 is 0 Å². The van der Waals surface area contributed by atoms with Crippen molar-refractivity contribution in [1.29, 1.82) is 0 Å². The molecule has 0 aromatic carbocycles. The van der Waals surface area contributed by atoms with Gasteiger partial charge in [-0.2, -0.15) is 0 Å². The third-order valence-electron chi connectivity index (χ3n) is 2.87. The SMILES string of the molecule is C=C/C=C(\C=C/N)N1CCC(CN)CC1. The van der Waals surface area contributed by atoms with Gasteiger partial charge in [0.15, 0.2) is 0 Å². The predicted octanol–water partition coefficient (Wildman–Crippen LogP) is 1.20. The summed E-state index contributed by atoms with van der Waals surface area (Å²) in [5.41, 5.74) is 12.2. The molecule has 0 saturated carbocycles. The minimum atomic E-state index is 0.688. The Morgan fingerprint density at radius 2 is 2.07 bits per heavy atom. The van der Waals surface area contributed by atoms with E-state index in [1.165, 1.54) is 12.8 Å². The Hall–Kier alpha value is -1.22. The van der Waals surface area contributed by atoms with Crippen LogP contribution < -0.4 is 11.5 Å². The molecule has 0 aromatic rings. The van der Waals surface area contributed by atoms with Crippen molar-refractivity contribution in [1.82, 2.24) is 4.90 Å². The average molecular weight is 207 g/mol. The van der Waals surface area contributed by atoms with Crippen LogP contribution in [0.3, 0.4) is 0 Å². The molecule has 15 heavy (non-hydrogen) atoms. The highest BCUT2D eigenvalue weighted by Crippen LogP contribution is 2.19. The van der Waals surface area contributed by atoms with Crippen LogP contribution in [-0.4, -0.2) is 24.5 Å². The zero-order valence-corrected chi connectivity index (χ0v) is 9.23. The first-order valence-electron chi connectivity index (χ1n) is 5.47. The van der Waals surface area contributed by atoms with Crippen LogP contribution in [0.2, 0.25) is 0 Å². The van der Waals surface area contributed by atoms with Crippen LogP contribution in [0.15, 0.2) is 36.7 Å². The number of allylic oxidation sites excluding steroid dienone is 3. The molecular formula is C12H21N3. The number of hydrogen-bond acceptors (Lipinski definition) is 3. The van der Waals surface area contributed by atoms with Crippen LogP contribution in [0.1, 0.15) is 12.8 Å². The molecule has 1 saturated heterocycles. The Kier molecular flexibility index (Phi) is 4.98. The van der Waals surface area contributed by atoms with Gasteiger partial charge < -0.3 is 16.4 Å². The summed E-state index contributed by atoms with van der Waals surface area (Å²) in [5, 5.41) is 0. The van der Waals surface area contributed by atoms with Crippen molar-refractivity contribution < 1.29 is 0 Å². The minimum absolute atomic E-state index is 0.688. The topological polar surface area (TPSA) is 55.3 Å². The van der Waals surface area contributed by atoms with E-state index in [4.69, 9.17) is 11.5 Å². The summed E-state index contributed by atoms with van der Waals surface area (Å²) in [7, 11) is 0. The van der Waals surface area contributed by atoms with Crippen molar-refractivity contribution in [3.63, 3.8) is 0 Å². The summed E-state index contributed by atoms with van der Waals surface area (Å²) >= 11 is 0. The van der Waals surface area contributed by atoms with E-state index < -0.39 is 0 Å². The van der Waals surface area contributed by atoms with E-state index in [9.17, 15) is 0 Å². The highest BCUT2D eigenvalue weighted by molar-refractivity contribution is 5.21. The fourth-order valence-electron chi connectivity index (χ4n) is 1.91.